The van der Waals surface area contributed by atoms with Gasteiger partial charge in [-0.15, -0.1) is 11.3 Å². The predicted octanol–water partition coefficient (Wildman–Crippen LogP) is 2.73. The Balaban J connectivity index is 1.68. The average molecular weight is 331 g/mol. The predicted molar refractivity (Wildman–Crippen MR) is 92.7 cm³/mol. The SMILES string of the molecule is COc1ccccc1C(=O)N1CCN(c2nc(C)c(C)s2)CC1. The molecule has 23 heavy (non-hydrogen) atoms. The Kier molecular flexibility index (Phi) is 4.52. The number of aryl methyl sites for hydroxylation is 2. The highest BCUT2D eigenvalue weighted by atomic mass is 32.1. The molecule has 1 aromatic carbocycles. The van der Waals surface area contributed by atoms with Gasteiger partial charge in [-0.1, -0.05) is 12.1 Å². The van der Waals surface area contributed by atoms with E-state index in [2.05, 4.69) is 16.8 Å². The summed E-state index contributed by atoms with van der Waals surface area (Å²) in [5, 5.41) is 1.06. The molecule has 0 aliphatic carbocycles. The lowest BCUT2D eigenvalue weighted by molar-refractivity contribution is 0.0743. The minimum absolute atomic E-state index is 0.0357. The third-order valence-electron chi connectivity index (χ3n) is 4.19. The van der Waals surface area contributed by atoms with Crippen molar-refractivity contribution in [3.05, 3.63) is 40.4 Å². The van der Waals surface area contributed by atoms with E-state index in [-0.39, 0.29) is 5.91 Å². The molecule has 1 aliphatic heterocycles. The van der Waals surface area contributed by atoms with Crippen LogP contribution in [0.25, 0.3) is 0 Å². The van der Waals surface area contributed by atoms with E-state index in [1.807, 2.05) is 36.1 Å². The fourth-order valence-corrected chi connectivity index (χ4v) is 3.65. The maximum Gasteiger partial charge on any atom is 0.257 e. The molecule has 1 aromatic heterocycles. The number of hydrogen-bond acceptors (Lipinski definition) is 5. The number of anilines is 1. The van der Waals surface area contributed by atoms with Crippen molar-refractivity contribution in [3.63, 3.8) is 0 Å². The number of piperazine rings is 1. The number of aromatic nitrogens is 1. The molecule has 5 nitrogen and oxygen atoms in total. The summed E-state index contributed by atoms with van der Waals surface area (Å²) in [4.78, 5) is 22.7. The maximum absolute atomic E-state index is 12.7. The van der Waals surface area contributed by atoms with E-state index in [1.54, 1.807) is 18.4 Å². The van der Waals surface area contributed by atoms with Crippen LogP contribution in [0.1, 0.15) is 20.9 Å². The zero-order valence-electron chi connectivity index (χ0n) is 13.7. The zero-order valence-corrected chi connectivity index (χ0v) is 14.5. The molecule has 0 unspecified atom stereocenters. The third-order valence-corrected chi connectivity index (χ3v) is 5.33. The van der Waals surface area contributed by atoms with E-state index in [9.17, 15) is 4.79 Å². The molecular weight excluding hydrogens is 310 g/mol. The Morgan fingerprint density at radius 1 is 1.17 bits per heavy atom. The number of carbonyl (C=O) groups excluding carboxylic acids is 1. The second kappa shape index (κ2) is 6.58. The number of hydrogen-bond donors (Lipinski definition) is 0. The van der Waals surface area contributed by atoms with Crippen molar-refractivity contribution >= 4 is 22.4 Å². The molecule has 0 atom stereocenters. The molecule has 1 aliphatic rings. The van der Waals surface area contributed by atoms with Crippen LogP contribution in [0, 0.1) is 13.8 Å². The van der Waals surface area contributed by atoms with Crippen molar-refractivity contribution in [1.82, 2.24) is 9.88 Å². The van der Waals surface area contributed by atoms with Crippen molar-refractivity contribution in [1.29, 1.82) is 0 Å². The lowest BCUT2D eigenvalue weighted by atomic mass is 10.1. The van der Waals surface area contributed by atoms with Gasteiger partial charge in [-0.2, -0.15) is 0 Å². The van der Waals surface area contributed by atoms with Crippen LogP contribution < -0.4 is 9.64 Å². The normalized spacial score (nSPS) is 14.9. The molecule has 2 heterocycles. The van der Waals surface area contributed by atoms with E-state index >= 15 is 0 Å². The summed E-state index contributed by atoms with van der Waals surface area (Å²) in [5.41, 5.74) is 1.72. The first kappa shape index (κ1) is 15.8. The van der Waals surface area contributed by atoms with Crippen molar-refractivity contribution < 1.29 is 9.53 Å². The summed E-state index contributed by atoms with van der Waals surface area (Å²) < 4.78 is 5.30. The summed E-state index contributed by atoms with van der Waals surface area (Å²) in [7, 11) is 1.59. The fourth-order valence-electron chi connectivity index (χ4n) is 2.68. The van der Waals surface area contributed by atoms with E-state index < -0.39 is 0 Å². The van der Waals surface area contributed by atoms with Crippen LogP contribution in [-0.2, 0) is 0 Å². The quantitative estimate of drug-likeness (QED) is 0.867. The number of benzene rings is 1. The lowest BCUT2D eigenvalue weighted by Gasteiger charge is -2.34. The Morgan fingerprint density at radius 2 is 1.87 bits per heavy atom. The van der Waals surface area contributed by atoms with Gasteiger partial charge in [0.2, 0.25) is 0 Å². The van der Waals surface area contributed by atoms with Crippen LogP contribution in [0.5, 0.6) is 5.75 Å². The molecule has 6 heteroatoms. The van der Waals surface area contributed by atoms with Gasteiger partial charge < -0.3 is 14.5 Å². The Labute approximate surface area is 140 Å². The number of rotatable bonds is 3. The van der Waals surface area contributed by atoms with Crippen molar-refractivity contribution in [2.24, 2.45) is 0 Å². The summed E-state index contributed by atoms with van der Waals surface area (Å²) in [6, 6.07) is 7.39. The minimum atomic E-state index is 0.0357. The zero-order chi connectivity index (χ0) is 16.4. The first-order valence-electron chi connectivity index (χ1n) is 7.71. The molecule has 0 spiro atoms. The van der Waals surface area contributed by atoms with Gasteiger partial charge in [0.25, 0.3) is 5.91 Å². The molecule has 3 rings (SSSR count). The number of ether oxygens (including phenoxy) is 1. The van der Waals surface area contributed by atoms with Gasteiger partial charge in [0.1, 0.15) is 5.75 Å². The van der Waals surface area contributed by atoms with Gasteiger partial charge in [0, 0.05) is 31.1 Å². The summed E-state index contributed by atoms with van der Waals surface area (Å²) in [6.45, 7) is 7.17. The molecule has 122 valence electrons. The van der Waals surface area contributed by atoms with Gasteiger partial charge in [-0.05, 0) is 26.0 Å². The molecule has 0 radical (unpaired) electrons. The van der Waals surface area contributed by atoms with Crippen LogP contribution in [-0.4, -0.2) is 49.1 Å². The second-order valence-corrected chi connectivity index (χ2v) is 6.80. The van der Waals surface area contributed by atoms with Crippen LogP contribution in [0.4, 0.5) is 5.13 Å². The van der Waals surface area contributed by atoms with Gasteiger partial charge in [-0.25, -0.2) is 4.98 Å². The number of methoxy groups -OCH3 is 1. The van der Waals surface area contributed by atoms with Crippen LogP contribution in [0.15, 0.2) is 24.3 Å². The van der Waals surface area contributed by atoms with E-state index in [0.29, 0.717) is 24.4 Å². The molecule has 0 bridgehead atoms. The Morgan fingerprint density at radius 3 is 2.48 bits per heavy atom. The summed E-state index contributed by atoms with van der Waals surface area (Å²) >= 11 is 1.72. The van der Waals surface area contributed by atoms with Crippen LogP contribution in [0.2, 0.25) is 0 Å². The van der Waals surface area contributed by atoms with Crippen LogP contribution in [0.3, 0.4) is 0 Å². The van der Waals surface area contributed by atoms with Crippen molar-refractivity contribution in [3.8, 4) is 5.75 Å². The number of nitrogens with zero attached hydrogens (tertiary/aromatic N) is 3. The van der Waals surface area contributed by atoms with Gasteiger partial charge >= 0.3 is 0 Å². The summed E-state index contributed by atoms with van der Waals surface area (Å²) in [6.07, 6.45) is 0. The van der Waals surface area contributed by atoms with E-state index in [0.717, 1.165) is 23.9 Å². The van der Waals surface area contributed by atoms with E-state index in [4.69, 9.17) is 4.74 Å². The molecule has 1 fully saturated rings. The standard InChI is InChI=1S/C17H21N3O2S/c1-12-13(2)23-17(18-12)20-10-8-19(9-11-20)16(21)14-6-4-5-7-15(14)22-3/h4-7H,8-11H2,1-3H3. The van der Waals surface area contributed by atoms with E-state index in [1.165, 1.54) is 4.88 Å². The molecular formula is C17H21N3O2S. The minimum Gasteiger partial charge on any atom is -0.496 e. The number of para-hydroxylation sites is 1. The number of amides is 1. The molecule has 1 saturated heterocycles. The highest BCUT2D eigenvalue weighted by Gasteiger charge is 2.25. The van der Waals surface area contributed by atoms with Crippen LogP contribution >= 0.6 is 11.3 Å². The van der Waals surface area contributed by atoms with Crippen molar-refractivity contribution in [2.45, 2.75) is 13.8 Å². The van der Waals surface area contributed by atoms with Gasteiger partial charge in [-0.3, -0.25) is 4.79 Å². The first-order valence-corrected chi connectivity index (χ1v) is 8.53. The van der Waals surface area contributed by atoms with Gasteiger partial charge in [0.05, 0.1) is 18.4 Å². The van der Waals surface area contributed by atoms with Crippen molar-refractivity contribution in [2.75, 3.05) is 38.2 Å². The first-order chi connectivity index (χ1) is 11.1. The molecule has 2 aromatic rings. The number of carbonyl (C=O) groups is 1. The maximum atomic E-state index is 12.7. The Hall–Kier alpha value is -2.08. The highest BCUT2D eigenvalue weighted by molar-refractivity contribution is 7.15. The topological polar surface area (TPSA) is 45.7 Å². The average Bonchev–Trinajstić information content (AvgIpc) is 2.93. The smallest absolute Gasteiger partial charge is 0.257 e. The lowest BCUT2D eigenvalue weighted by Crippen LogP contribution is -2.48. The van der Waals surface area contributed by atoms with Gasteiger partial charge in [0.15, 0.2) is 5.13 Å². The highest BCUT2D eigenvalue weighted by Crippen LogP contribution is 2.26. The fraction of sp³-hybridized carbons (Fsp3) is 0.412. The third kappa shape index (κ3) is 3.17. The number of thiazole rings is 1. The largest absolute Gasteiger partial charge is 0.496 e. The Bertz CT molecular complexity index is 686. The summed E-state index contributed by atoms with van der Waals surface area (Å²) in [5.74, 6) is 0.666. The second-order valence-electron chi connectivity index (χ2n) is 5.62. The molecule has 1 amide bonds. The molecule has 0 saturated carbocycles. The molecule has 0 N–H and O–H groups in total. The monoisotopic (exact) mass is 331 g/mol.